The number of anilines is 6. The van der Waals surface area contributed by atoms with Gasteiger partial charge in [-0.25, -0.2) is 0 Å². The highest BCUT2D eigenvalue weighted by Gasteiger charge is 2.38. The second-order valence-corrected chi connectivity index (χ2v) is 15.6. The molecule has 1 fully saturated rings. The number of hydrogen-bond donors (Lipinski definition) is 0. The summed E-state index contributed by atoms with van der Waals surface area (Å²) in [5, 5.41) is 0. The van der Waals surface area contributed by atoms with Crippen molar-refractivity contribution in [3.8, 4) is 11.1 Å². The Morgan fingerprint density at radius 1 is 0.444 bits per heavy atom. The quantitative estimate of drug-likeness (QED) is 0.148. The van der Waals surface area contributed by atoms with E-state index in [-0.39, 0.29) is 5.41 Å². The summed E-state index contributed by atoms with van der Waals surface area (Å²) in [4.78, 5) is 4.81. The molecular weight excluding hydrogens is 653 g/mol. The molecule has 0 atom stereocenters. The maximum absolute atomic E-state index is 2.50. The molecule has 0 bridgehead atoms. The summed E-state index contributed by atoms with van der Waals surface area (Å²) in [5.41, 5.74) is 16.5. The number of benzene rings is 7. The second kappa shape index (κ2) is 14.5. The molecule has 2 aliphatic rings. The van der Waals surface area contributed by atoms with Crippen molar-refractivity contribution in [1.82, 2.24) is 0 Å². The van der Waals surface area contributed by atoms with Crippen molar-refractivity contribution in [2.75, 3.05) is 9.80 Å². The molecule has 0 amide bonds. The molecule has 1 saturated carbocycles. The summed E-state index contributed by atoms with van der Waals surface area (Å²) in [6.07, 6.45) is 7.56. The van der Waals surface area contributed by atoms with E-state index in [9.17, 15) is 0 Å². The summed E-state index contributed by atoms with van der Waals surface area (Å²) in [6, 6.07) is 64.9. The molecule has 0 saturated heterocycles. The third kappa shape index (κ3) is 6.41. The Hall–Kier alpha value is -5.86. The van der Waals surface area contributed by atoms with E-state index < -0.39 is 0 Å². The molecule has 0 aliphatic heterocycles. The Labute approximate surface area is 321 Å². The highest BCUT2D eigenvalue weighted by atomic mass is 15.1. The lowest BCUT2D eigenvalue weighted by atomic mass is 9.81. The van der Waals surface area contributed by atoms with Gasteiger partial charge in [0.05, 0.1) is 5.69 Å². The Balaban J connectivity index is 1.04. The van der Waals surface area contributed by atoms with Crippen LogP contribution in [0, 0.1) is 0 Å². The van der Waals surface area contributed by atoms with Crippen molar-refractivity contribution in [3.05, 3.63) is 204 Å². The van der Waals surface area contributed by atoms with E-state index in [0.717, 1.165) is 23.5 Å². The second-order valence-electron chi connectivity index (χ2n) is 15.6. The van der Waals surface area contributed by atoms with Gasteiger partial charge in [0.2, 0.25) is 0 Å². The Bertz CT molecular complexity index is 2300. The third-order valence-corrected chi connectivity index (χ3v) is 11.9. The minimum Gasteiger partial charge on any atom is -0.311 e. The van der Waals surface area contributed by atoms with Crippen LogP contribution in [0.2, 0.25) is 0 Å². The van der Waals surface area contributed by atoms with Crippen LogP contribution < -0.4 is 9.80 Å². The van der Waals surface area contributed by atoms with E-state index in [0.29, 0.717) is 5.92 Å². The molecule has 54 heavy (non-hydrogen) atoms. The predicted molar refractivity (Wildman–Crippen MR) is 228 cm³/mol. The minimum atomic E-state index is -0.120. The number of hydrogen-bond acceptors (Lipinski definition) is 2. The average Bonchev–Trinajstić information content (AvgIpc) is 3.47. The number of para-hydroxylation sites is 2. The molecule has 2 nitrogen and oxygen atoms in total. The summed E-state index contributed by atoms with van der Waals surface area (Å²) < 4.78 is 0. The van der Waals surface area contributed by atoms with Gasteiger partial charge in [-0.3, -0.25) is 0 Å². The molecule has 2 aliphatic carbocycles. The first-order chi connectivity index (χ1) is 26.5. The SMILES string of the molecule is CC1(C)c2ccccc2-c2cccc(N(c3ccc(Cc4ccc(N(c5ccccc5)c5ccccc5)cc4)cc3)c3ccc(C4CCCCC4)cc3)c21. The molecule has 0 radical (unpaired) electrons. The van der Waals surface area contributed by atoms with E-state index in [1.807, 2.05) is 0 Å². The van der Waals surface area contributed by atoms with Crippen LogP contribution in [-0.4, -0.2) is 0 Å². The Morgan fingerprint density at radius 2 is 0.926 bits per heavy atom. The smallest absolute Gasteiger partial charge is 0.0508 e. The normalized spacial score (nSPS) is 14.6. The van der Waals surface area contributed by atoms with Crippen molar-refractivity contribution >= 4 is 34.1 Å². The lowest BCUT2D eigenvalue weighted by molar-refractivity contribution is 0.443. The van der Waals surface area contributed by atoms with Crippen LogP contribution >= 0.6 is 0 Å². The fourth-order valence-corrected chi connectivity index (χ4v) is 9.13. The first-order valence-corrected chi connectivity index (χ1v) is 19.8. The van der Waals surface area contributed by atoms with Crippen molar-refractivity contribution in [2.45, 2.75) is 63.7 Å². The number of nitrogens with zero attached hydrogens (tertiary/aromatic N) is 2. The van der Waals surface area contributed by atoms with Gasteiger partial charge in [-0.1, -0.05) is 142 Å². The van der Waals surface area contributed by atoms with Gasteiger partial charge in [0.25, 0.3) is 0 Å². The molecule has 7 aromatic carbocycles. The van der Waals surface area contributed by atoms with Crippen molar-refractivity contribution in [3.63, 3.8) is 0 Å². The van der Waals surface area contributed by atoms with Gasteiger partial charge in [-0.2, -0.15) is 0 Å². The first kappa shape index (κ1) is 33.9. The van der Waals surface area contributed by atoms with Crippen molar-refractivity contribution < 1.29 is 0 Å². The molecule has 0 aromatic heterocycles. The van der Waals surface area contributed by atoms with Gasteiger partial charge in [0.15, 0.2) is 0 Å². The maximum Gasteiger partial charge on any atom is 0.0508 e. The summed E-state index contributed by atoms with van der Waals surface area (Å²) >= 11 is 0. The summed E-state index contributed by atoms with van der Waals surface area (Å²) in [7, 11) is 0. The van der Waals surface area contributed by atoms with E-state index in [4.69, 9.17) is 0 Å². The topological polar surface area (TPSA) is 6.48 Å². The number of rotatable bonds is 9. The van der Waals surface area contributed by atoms with E-state index in [1.165, 1.54) is 88.1 Å². The maximum atomic E-state index is 2.50. The van der Waals surface area contributed by atoms with Crippen LogP contribution in [-0.2, 0) is 11.8 Å². The lowest BCUT2D eigenvalue weighted by Crippen LogP contribution is -2.20. The first-order valence-electron chi connectivity index (χ1n) is 19.8. The zero-order valence-electron chi connectivity index (χ0n) is 31.5. The molecular formula is C52H48N2. The Morgan fingerprint density at radius 3 is 1.52 bits per heavy atom. The average molecular weight is 701 g/mol. The van der Waals surface area contributed by atoms with Crippen molar-refractivity contribution in [2.24, 2.45) is 0 Å². The van der Waals surface area contributed by atoms with Gasteiger partial charge < -0.3 is 9.80 Å². The lowest BCUT2D eigenvalue weighted by Gasteiger charge is -2.32. The van der Waals surface area contributed by atoms with Gasteiger partial charge >= 0.3 is 0 Å². The van der Waals surface area contributed by atoms with Gasteiger partial charge in [0, 0.05) is 33.9 Å². The third-order valence-electron chi connectivity index (χ3n) is 11.9. The van der Waals surface area contributed by atoms with Crippen molar-refractivity contribution in [1.29, 1.82) is 0 Å². The van der Waals surface area contributed by atoms with Crippen LogP contribution in [0.1, 0.15) is 79.7 Å². The van der Waals surface area contributed by atoms with Gasteiger partial charge in [-0.05, 0) is 131 Å². The molecule has 0 spiro atoms. The summed E-state index contributed by atoms with van der Waals surface area (Å²) in [5.74, 6) is 0.684. The zero-order chi connectivity index (χ0) is 36.5. The molecule has 266 valence electrons. The highest BCUT2D eigenvalue weighted by molar-refractivity contribution is 5.90. The standard InChI is InChI=1S/C52H48N2/c1-52(2)49-23-13-12-21-47(49)48-22-14-24-50(51(48)52)54(46-35-29-41(30-36-46)40-15-6-3-7-16-40)45-33-27-39(28-34-45)37-38-25-31-44(32-26-38)53(42-17-8-4-9-18-42)43-19-10-5-11-20-43/h4-5,8-14,17-36,40H,3,6-7,15-16,37H2,1-2H3. The number of fused-ring (bicyclic) bond motifs is 3. The largest absolute Gasteiger partial charge is 0.311 e. The summed E-state index contributed by atoms with van der Waals surface area (Å²) in [6.45, 7) is 4.78. The zero-order valence-corrected chi connectivity index (χ0v) is 31.5. The molecule has 0 heterocycles. The molecule has 9 rings (SSSR count). The Kier molecular flexibility index (Phi) is 9.13. The minimum absolute atomic E-state index is 0.120. The van der Waals surface area contributed by atoms with Gasteiger partial charge in [0.1, 0.15) is 0 Å². The predicted octanol–water partition coefficient (Wildman–Crippen LogP) is 14.6. The van der Waals surface area contributed by atoms with Crippen LogP contribution in [0.5, 0.6) is 0 Å². The van der Waals surface area contributed by atoms with E-state index >= 15 is 0 Å². The fourth-order valence-electron chi connectivity index (χ4n) is 9.13. The highest BCUT2D eigenvalue weighted by Crippen LogP contribution is 2.54. The molecule has 2 heteroatoms. The molecule has 0 unspecified atom stereocenters. The molecule has 7 aromatic rings. The van der Waals surface area contributed by atoms with Gasteiger partial charge in [-0.15, -0.1) is 0 Å². The van der Waals surface area contributed by atoms with Crippen LogP contribution in [0.4, 0.5) is 34.1 Å². The van der Waals surface area contributed by atoms with Crippen LogP contribution in [0.3, 0.4) is 0 Å². The monoisotopic (exact) mass is 700 g/mol. The van der Waals surface area contributed by atoms with E-state index in [1.54, 1.807) is 0 Å². The fraction of sp³-hybridized carbons (Fsp3) is 0.192. The van der Waals surface area contributed by atoms with E-state index in [2.05, 4.69) is 200 Å². The van der Waals surface area contributed by atoms with Crippen LogP contribution in [0.15, 0.2) is 176 Å². The van der Waals surface area contributed by atoms with Crippen LogP contribution in [0.25, 0.3) is 11.1 Å². The molecule has 0 N–H and O–H groups in total.